The van der Waals surface area contributed by atoms with E-state index < -0.39 is 22.7 Å². The van der Waals surface area contributed by atoms with E-state index in [2.05, 4.69) is 5.32 Å². The maximum absolute atomic E-state index is 11.0. The number of aromatic carboxylic acids is 1. The highest BCUT2D eigenvalue weighted by Gasteiger charge is 2.20. The second-order valence-electron chi connectivity index (χ2n) is 6.09. The third-order valence-electron chi connectivity index (χ3n) is 2.81. The van der Waals surface area contributed by atoms with E-state index in [1.54, 1.807) is 0 Å². The minimum Gasteiger partial charge on any atom is -0.477 e. The molecule has 0 aliphatic rings. The van der Waals surface area contributed by atoms with Crippen molar-refractivity contribution in [3.8, 4) is 0 Å². The van der Waals surface area contributed by atoms with Gasteiger partial charge in [-0.15, -0.1) is 0 Å². The lowest BCUT2D eigenvalue weighted by Gasteiger charge is -2.22. The van der Waals surface area contributed by atoms with Crippen LogP contribution in [0.4, 0.5) is 11.4 Å². The van der Waals surface area contributed by atoms with E-state index in [-0.39, 0.29) is 17.5 Å². The van der Waals surface area contributed by atoms with Gasteiger partial charge in [0, 0.05) is 18.3 Å². The molecule has 3 N–H and O–H groups in total. The number of nitrogens with one attached hydrogen (secondary N) is 1. The first-order valence-electron chi connectivity index (χ1n) is 6.54. The van der Waals surface area contributed by atoms with Gasteiger partial charge in [-0.2, -0.15) is 0 Å². The van der Waals surface area contributed by atoms with Crippen LogP contribution in [-0.2, 0) is 0 Å². The highest BCUT2D eigenvalue weighted by atomic mass is 16.6. The molecule has 0 aliphatic carbocycles. The summed E-state index contributed by atoms with van der Waals surface area (Å²) in [5.41, 5.74) is -0.437. The predicted octanol–water partition coefficient (Wildman–Crippen LogP) is 2.50. The smallest absolute Gasteiger partial charge is 0.342 e. The number of nitro benzene ring substituents is 1. The van der Waals surface area contributed by atoms with Crippen molar-refractivity contribution in [2.75, 3.05) is 11.9 Å². The molecular formula is C14H20N2O5. The Bertz CT molecular complexity index is 537. The van der Waals surface area contributed by atoms with E-state index in [1.165, 1.54) is 12.1 Å². The Morgan fingerprint density at radius 3 is 2.52 bits per heavy atom. The first-order valence-corrected chi connectivity index (χ1v) is 6.54. The van der Waals surface area contributed by atoms with Crippen LogP contribution in [0, 0.1) is 15.5 Å². The van der Waals surface area contributed by atoms with Gasteiger partial charge in [0.2, 0.25) is 0 Å². The number of aliphatic hydroxyl groups is 1. The number of carbonyl (C=O) groups is 1. The fraction of sp³-hybridized carbons (Fsp3) is 0.500. The molecule has 1 aromatic carbocycles. The van der Waals surface area contributed by atoms with E-state index in [0.29, 0.717) is 12.1 Å². The maximum Gasteiger partial charge on any atom is 0.342 e. The Kier molecular flexibility index (Phi) is 5.26. The normalized spacial score (nSPS) is 12.8. The molecule has 1 aromatic rings. The summed E-state index contributed by atoms with van der Waals surface area (Å²) < 4.78 is 0. The number of rotatable bonds is 6. The van der Waals surface area contributed by atoms with Crippen molar-refractivity contribution in [2.45, 2.75) is 33.3 Å². The highest BCUT2D eigenvalue weighted by molar-refractivity contribution is 5.93. The van der Waals surface area contributed by atoms with Crippen LogP contribution < -0.4 is 5.32 Å². The molecule has 0 fully saturated rings. The van der Waals surface area contributed by atoms with Crippen LogP contribution in [0.15, 0.2) is 18.2 Å². The van der Waals surface area contributed by atoms with E-state index in [1.807, 2.05) is 20.8 Å². The number of hydrogen-bond acceptors (Lipinski definition) is 5. The van der Waals surface area contributed by atoms with Gasteiger partial charge >= 0.3 is 5.97 Å². The summed E-state index contributed by atoms with van der Waals surface area (Å²) in [4.78, 5) is 21.0. The minimum atomic E-state index is -1.36. The molecule has 0 amide bonds. The lowest BCUT2D eigenvalue weighted by atomic mass is 9.89. The number of carboxylic acids is 1. The Labute approximate surface area is 122 Å². The minimum absolute atomic E-state index is 0.0250. The van der Waals surface area contributed by atoms with Crippen LogP contribution in [0.1, 0.15) is 37.6 Å². The zero-order chi connectivity index (χ0) is 16.2. The molecule has 116 valence electrons. The lowest BCUT2D eigenvalue weighted by Crippen LogP contribution is -2.25. The summed E-state index contributed by atoms with van der Waals surface area (Å²) in [6, 6.07) is 3.76. The molecule has 0 saturated heterocycles. The van der Waals surface area contributed by atoms with Gasteiger partial charge in [0.15, 0.2) is 0 Å². The summed E-state index contributed by atoms with van der Waals surface area (Å²) in [6.45, 7) is 6.26. The molecule has 1 unspecified atom stereocenters. The number of hydrogen-bond donors (Lipinski definition) is 3. The molecule has 0 saturated carbocycles. The molecule has 0 bridgehead atoms. The summed E-state index contributed by atoms with van der Waals surface area (Å²) in [5.74, 6) is -1.36. The number of nitrogens with zero attached hydrogens (tertiary/aromatic N) is 1. The number of nitro groups is 1. The average molecular weight is 296 g/mol. The van der Waals surface area contributed by atoms with Gasteiger partial charge in [0.05, 0.1) is 11.0 Å². The molecule has 0 heterocycles. The van der Waals surface area contributed by atoms with Crippen molar-refractivity contribution < 1.29 is 19.9 Å². The van der Waals surface area contributed by atoms with Crippen molar-refractivity contribution >= 4 is 17.3 Å². The molecule has 0 spiro atoms. The van der Waals surface area contributed by atoms with Crippen molar-refractivity contribution in [2.24, 2.45) is 5.41 Å². The van der Waals surface area contributed by atoms with Gasteiger partial charge in [0.1, 0.15) is 5.56 Å². The maximum atomic E-state index is 11.0. The molecule has 0 aromatic heterocycles. The monoisotopic (exact) mass is 296 g/mol. The van der Waals surface area contributed by atoms with Crippen molar-refractivity contribution in [3.63, 3.8) is 0 Å². The first-order chi connectivity index (χ1) is 9.60. The summed E-state index contributed by atoms with van der Waals surface area (Å²) >= 11 is 0. The van der Waals surface area contributed by atoms with Crippen LogP contribution in [0.5, 0.6) is 0 Å². The average Bonchev–Trinajstić information content (AvgIpc) is 2.33. The van der Waals surface area contributed by atoms with Crippen LogP contribution in [0.2, 0.25) is 0 Å². The molecule has 7 nitrogen and oxygen atoms in total. The number of anilines is 1. The second-order valence-corrected chi connectivity index (χ2v) is 6.09. The van der Waals surface area contributed by atoms with Crippen molar-refractivity contribution in [3.05, 3.63) is 33.9 Å². The van der Waals surface area contributed by atoms with Crippen molar-refractivity contribution in [1.82, 2.24) is 0 Å². The molecule has 0 aliphatic heterocycles. The number of aliphatic hydroxyl groups excluding tert-OH is 1. The number of benzene rings is 1. The van der Waals surface area contributed by atoms with E-state index >= 15 is 0 Å². The largest absolute Gasteiger partial charge is 0.477 e. The van der Waals surface area contributed by atoms with Gasteiger partial charge in [-0.25, -0.2) is 4.79 Å². The van der Waals surface area contributed by atoms with Crippen LogP contribution >= 0.6 is 0 Å². The summed E-state index contributed by atoms with van der Waals surface area (Å²) in [7, 11) is 0. The molecular weight excluding hydrogens is 276 g/mol. The third-order valence-corrected chi connectivity index (χ3v) is 2.81. The quantitative estimate of drug-likeness (QED) is 0.549. The first kappa shape index (κ1) is 16.9. The third kappa shape index (κ3) is 5.39. The van der Waals surface area contributed by atoms with Gasteiger partial charge in [-0.3, -0.25) is 10.1 Å². The van der Waals surface area contributed by atoms with Crippen LogP contribution in [0.3, 0.4) is 0 Å². The predicted molar refractivity (Wildman–Crippen MR) is 78.6 cm³/mol. The molecule has 1 rings (SSSR count). The lowest BCUT2D eigenvalue weighted by molar-refractivity contribution is -0.385. The Morgan fingerprint density at radius 2 is 2.05 bits per heavy atom. The molecule has 0 radical (unpaired) electrons. The van der Waals surface area contributed by atoms with Crippen LogP contribution in [-0.4, -0.2) is 33.8 Å². The van der Waals surface area contributed by atoms with Gasteiger partial charge in [0.25, 0.3) is 5.69 Å². The zero-order valence-electron chi connectivity index (χ0n) is 12.3. The topological polar surface area (TPSA) is 113 Å². The van der Waals surface area contributed by atoms with Crippen LogP contribution in [0.25, 0.3) is 0 Å². The SMILES string of the molecule is CC(C)(C)CC(O)CNc1ccc([N+](=O)[O-])c(C(=O)O)c1. The Balaban J connectivity index is 2.79. The Morgan fingerprint density at radius 1 is 1.43 bits per heavy atom. The fourth-order valence-corrected chi connectivity index (χ4v) is 1.99. The van der Waals surface area contributed by atoms with E-state index in [4.69, 9.17) is 5.11 Å². The molecule has 7 heteroatoms. The fourth-order valence-electron chi connectivity index (χ4n) is 1.99. The summed E-state index contributed by atoms with van der Waals surface area (Å²) in [6.07, 6.45) is -0.00727. The van der Waals surface area contributed by atoms with Gasteiger partial charge < -0.3 is 15.5 Å². The Hall–Kier alpha value is -2.15. The van der Waals surface area contributed by atoms with E-state index in [9.17, 15) is 20.0 Å². The second kappa shape index (κ2) is 6.53. The standard InChI is InChI=1S/C14H20N2O5/c1-14(2,3)7-10(17)8-15-9-4-5-12(16(20)21)11(6-9)13(18)19/h4-6,10,15,17H,7-8H2,1-3H3,(H,18,19). The van der Waals surface area contributed by atoms with E-state index in [0.717, 1.165) is 6.07 Å². The highest BCUT2D eigenvalue weighted by Crippen LogP contribution is 2.24. The molecule has 1 atom stereocenters. The number of carboxylic acid groups (broad SMARTS) is 1. The van der Waals surface area contributed by atoms with Crippen molar-refractivity contribution in [1.29, 1.82) is 0 Å². The molecule has 21 heavy (non-hydrogen) atoms. The van der Waals surface area contributed by atoms with Gasteiger partial charge in [-0.05, 0) is 24.0 Å². The summed E-state index contributed by atoms with van der Waals surface area (Å²) in [5, 5.41) is 32.5. The van der Waals surface area contributed by atoms with Gasteiger partial charge in [-0.1, -0.05) is 20.8 Å². The zero-order valence-corrected chi connectivity index (χ0v) is 12.3.